The van der Waals surface area contributed by atoms with Gasteiger partial charge in [-0.25, -0.2) is 4.98 Å². The Morgan fingerprint density at radius 2 is 2.04 bits per heavy atom. The van der Waals surface area contributed by atoms with E-state index in [1.165, 1.54) is 0 Å². The van der Waals surface area contributed by atoms with E-state index in [0.717, 1.165) is 49.1 Å². The number of anilines is 2. The molecule has 6 nitrogen and oxygen atoms in total. The van der Waals surface area contributed by atoms with E-state index in [9.17, 15) is 4.79 Å². The van der Waals surface area contributed by atoms with Crippen LogP contribution in [0.3, 0.4) is 0 Å². The third kappa shape index (κ3) is 5.34. The molecular weight excluding hydrogens is 364 g/mol. The van der Waals surface area contributed by atoms with E-state index >= 15 is 0 Å². The van der Waals surface area contributed by atoms with E-state index in [1.807, 2.05) is 35.2 Å². The number of aromatic nitrogens is 1. The van der Waals surface area contributed by atoms with Gasteiger partial charge < -0.3 is 19.9 Å². The number of pyridine rings is 1. The van der Waals surface area contributed by atoms with Crippen molar-refractivity contribution in [2.75, 3.05) is 56.7 Å². The van der Waals surface area contributed by atoms with Gasteiger partial charge >= 0.3 is 0 Å². The molecule has 2 heterocycles. The van der Waals surface area contributed by atoms with Crippen molar-refractivity contribution in [3.8, 4) is 0 Å². The Labute approximate surface area is 165 Å². The fourth-order valence-electron chi connectivity index (χ4n) is 3.08. The van der Waals surface area contributed by atoms with Crippen molar-refractivity contribution in [2.45, 2.75) is 6.42 Å². The van der Waals surface area contributed by atoms with Crippen molar-refractivity contribution in [3.05, 3.63) is 53.3 Å². The number of ether oxygens (including phenoxy) is 1. The second-order valence-corrected chi connectivity index (χ2v) is 6.90. The molecule has 144 valence electrons. The van der Waals surface area contributed by atoms with Crippen molar-refractivity contribution < 1.29 is 9.53 Å². The minimum atomic E-state index is -0.0216. The summed E-state index contributed by atoms with van der Waals surface area (Å²) in [6.07, 6.45) is 2.64. The van der Waals surface area contributed by atoms with Crippen molar-refractivity contribution in [1.82, 2.24) is 9.88 Å². The maximum atomic E-state index is 12.7. The van der Waals surface area contributed by atoms with E-state index < -0.39 is 0 Å². The number of hydrogen-bond acceptors (Lipinski definition) is 5. The molecule has 0 atom stereocenters. The smallest absolute Gasteiger partial charge is 0.272 e. The lowest BCUT2D eigenvalue weighted by atomic mass is 10.2. The quantitative estimate of drug-likeness (QED) is 0.738. The summed E-state index contributed by atoms with van der Waals surface area (Å²) in [7, 11) is 1.69. The first-order chi connectivity index (χ1) is 13.2. The van der Waals surface area contributed by atoms with Gasteiger partial charge in [0.1, 0.15) is 5.69 Å². The van der Waals surface area contributed by atoms with Gasteiger partial charge in [-0.15, -0.1) is 0 Å². The Kier molecular flexibility index (Phi) is 6.90. The molecule has 0 bridgehead atoms. The molecule has 0 saturated carbocycles. The van der Waals surface area contributed by atoms with Gasteiger partial charge in [-0.05, 0) is 36.8 Å². The number of nitrogens with zero attached hydrogens (tertiary/aromatic N) is 3. The largest absolute Gasteiger partial charge is 0.385 e. The molecule has 1 aromatic carbocycles. The van der Waals surface area contributed by atoms with E-state index in [0.29, 0.717) is 18.8 Å². The second-order valence-electron chi connectivity index (χ2n) is 6.46. The third-order valence-electron chi connectivity index (χ3n) is 4.58. The lowest BCUT2D eigenvalue weighted by Crippen LogP contribution is -2.49. The first-order valence-electron chi connectivity index (χ1n) is 9.16. The molecule has 27 heavy (non-hydrogen) atoms. The van der Waals surface area contributed by atoms with E-state index in [2.05, 4.69) is 15.2 Å². The molecular formula is C20H25ClN4O2. The lowest BCUT2D eigenvalue weighted by Gasteiger charge is -2.36. The Balaban J connectivity index is 1.51. The number of hydrogen-bond donors (Lipinski definition) is 1. The molecule has 1 saturated heterocycles. The van der Waals surface area contributed by atoms with Crippen LogP contribution in [-0.2, 0) is 4.74 Å². The van der Waals surface area contributed by atoms with Crippen LogP contribution in [-0.4, -0.2) is 62.2 Å². The number of amides is 1. The van der Waals surface area contributed by atoms with Crippen molar-refractivity contribution in [1.29, 1.82) is 0 Å². The first-order valence-corrected chi connectivity index (χ1v) is 9.54. The van der Waals surface area contributed by atoms with Gasteiger partial charge in [0.05, 0.1) is 11.9 Å². The van der Waals surface area contributed by atoms with Crippen molar-refractivity contribution >= 4 is 28.9 Å². The topological polar surface area (TPSA) is 57.7 Å². The van der Waals surface area contributed by atoms with Crippen LogP contribution in [0.1, 0.15) is 16.9 Å². The second kappa shape index (κ2) is 9.58. The van der Waals surface area contributed by atoms with Gasteiger partial charge in [0.25, 0.3) is 5.91 Å². The summed E-state index contributed by atoms with van der Waals surface area (Å²) in [5, 5.41) is 4.00. The Hall–Kier alpha value is -2.31. The third-order valence-corrected chi connectivity index (χ3v) is 4.81. The summed E-state index contributed by atoms with van der Waals surface area (Å²) in [6.45, 7) is 4.44. The monoisotopic (exact) mass is 388 g/mol. The highest BCUT2D eigenvalue weighted by atomic mass is 35.5. The Morgan fingerprint density at radius 3 is 2.70 bits per heavy atom. The van der Waals surface area contributed by atoms with Crippen LogP contribution >= 0.6 is 11.6 Å². The molecule has 1 aromatic heterocycles. The average Bonchev–Trinajstić information content (AvgIpc) is 2.71. The highest BCUT2D eigenvalue weighted by Gasteiger charge is 2.23. The predicted octanol–water partition coefficient (Wildman–Crippen LogP) is 3.15. The van der Waals surface area contributed by atoms with Crippen LogP contribution in [0.4, 0.5) is 11.4 Å². The molecule has 0 spiro atoms. The molecule has 1 N–H and O–H groups in total. The van der Waals surface area contributed by atoms with Crippen molar-refractivity contribution in [3.63, 3.8) is 0 Å². The number of methoxy groups -OCH3 is 1. The molecule has 1 fully saturated rings. The molecule has 1 aliphatic heterocycles. The SMILES string of the molecule is COCCCNc1ccc(C(=O)N2CCN(c3cccc(Cl)c3)CC2)nc1. The number of halogens is 1. The number of carbonyl (C=O) groups excluding carboxylic acids is 1. The van der Waals surface area contributed by atoms with E-state index in [4.69, 9.17) is 16.3 Å². The molecule has 0 radical (unpaired) electrons. The fourth-order valence-corrected chi connectivity index (χ4v) is 3.26. The highest BCUT2D eigenvalue weighted by molar-refractivity contribution is 6.30. The van der Waals surface area contributed by atoms with Crippen LogP contribution in [0.2, 0.25) is 5.02 Å². The van der Waals surface area contributed by atoms with E-state index in [-0.39, 0.29) is 5.91 Å². The normalized spacial score (nSPS) is 14.3. The van der Waals surface area contributed by atoms with Gasteiger partial charge in [-0.3, -0.25) is 4.79 Å². The molecule has 1 aliphatic rings. The molecule has 2 aromatic rings. The predicted molar refractivity (Wildman–Crippen MR) is 109 cm³/mol. The number of nitrogens with one attached hydrogen (secondary N) is 1. The van der Waals surface area contributed by atoms with Gasteiger partial charge in [-0.2, -0.15) is 0 Å². The van der Waals surface area contributed by atoms with Crippen LogP contribution in [0.5, 0.6) is 0 Å². The molecule has 0 aliphatic carbocycles. The summed E-state index contributed by atoms with van der Waals surface area (Å²) in [5.74, 6) is -0.0216. The maximum Gasteiger partial charge on any atom is 0.272 e. The summed E-state index contributed by atoms with van der Waals surface area (Å²) in [6, 6.07) is 11.5. The van der Waals surface area contributed by atoms with Gasteiger partial charge in [0.2, 0.25) is 0 Å². The minimum absolute atomic E-state index is 0.0216. The average molecular weight is 389 g/mol. The number of carbonyl (C=O) groups is 1. The van der Waals surface area contributed by atoms with E-state index in [1.54, 1.807) is 19.4 Å². The number of rotatable bonds is 7. The van der Waals surface area contributed by atoms with Crippen LogP contribution in [0, 0.1) is 0 Å². The van der Waals surface area contributed by atoms with Crippen molar-refractivity contribution in [2.24, 2.45) is 0 Å². The number of piperazine rings is 1. The maximum absolute atomic E-state index is 12.7. The first kappa shape index (κ1) is 19.5. The zero-order chi connectivity index (χ0) is 19.1. The van der Waals surface area contributed by atoms with Gasteiger partial charge in [0.15, 0.2) is 0 Å². The summed E-state index contributed by atoms with van der Waals surface area (Å²) in [4.78, 5) is 21.1. The zero-order valence-corrected chi connectivity index (χ0v) is 16.3. The fraction of sp³-hybridized carbons (Fsp3) is 0.400. The number of benzene rings is 1. The Morgan fingerprint density at radius 1 is 1.22 bits per heavy atom. The summed E-state index contributed by atoms with van der Waals surface area (Å²) >= 11 is 6.07. The summed E-state index contributed by atoms with van der Waals surface area (Å²) in [5.41, 5.74) is 2.48. The lowest BCUT2D eigenvalue weighted by molar-refractivity contribution is 0.0741. The minimum Gasteiger partial charge on any atom is -0.385 e. The van der Waals surface area contributed by atoms with Crippen LogP contribution in [0.25, 0.3) is 0 Å². The molecule has 1 amide bonds. The molecule has 7 heteroatoms. The van der Waals surface area contributed by atoms with Crippen LogP contribution < -0.4 is 10.2 Å². The molecule has 0 unspecified atom stereocenters. The Bertz CT molecular complexity index is 746. The molecule has 3 rings (SSSR count). The summed E-state index contributed by atoms with van der Waals surface area (Å²) < 4.78 is 5.02. The van der Waals surface area contributed by atoms with Gasteiger partial charge in [0, 0.05) is 57.2 Å². The standard InChI is InChI=1S/C20H25ClN4O2/c1-27-13-3-8-22-17-6-7-19(23-15-17)20(26)25-11-9-24(10-12-25)18-5-2-4-16(21)14-18/h2,4-7,14-15,22H,3,8-13H2,1H3. The van der Waals surface area contributed by atoms with Crippen LogP contribution in [0.15, 0.2) is 42.6 Å². The van der Waals surface area contributed by atoms with Gasteiger partial charge in [-0.1, -0.05) is 17.7 Å². The highest BCUT2D eigenvalue weighted by Crippen LogP contribution is 2.21. The zero-order valence-electron chi connectivity index (χ0n) is 15.5.